The molecule has 0 aromatic heterocycles. The number of amides is 1. The van der Waals surface area contributed by atoms with Crippen LogP contribution in [0.15, 0.2) is 16.4 Å². The Morgan fingerprint density at radius 3 is 2.60 bits per heavy atom. The van der Waals surface area contributed by atoms with Gasteiger partial charge in [0.05, 0.1) is 18.2 Å². The Bertz CT molecular complexity index is 454. The highest BCUT2D eigenvalue weighted by atomic mass is 16.5. The molecule has 0 spiro atoms. The van der Waals surface area contributed by atoms with Crippen LogP contribution in [0.1, 0.15) is 40.0 Å². The number of ether oxygens (including phenoxy) is 1. The molecule has 0 aromatic rings. The van der Waals surface area contributed by atoms with E-state index in [-0.39, 0.29) is 11.6 Å². The summed E-state index contributed by atoms with van der Waals surface area (Å²) in [5, 5.41) is 14.4. The third-order valence-corrected chi connectivity index (χ3v) is 3.16. The fraction of sp³-hybridized carbons (Fsp3) is 0.643. The van der Waals surface area contributed by atoms with Crippen LogP contribution < -0.4 is 0 Å². The van der Waals surface area contributed by atoms with Crippen molar-refractivity contribution in [1.82, 2.24) is 5.01 Å². The maximum Gasteiger partial charge on any atom is 0.312 e. The molecule has 6 heteroatoms. The zero-order valence-corrected chi connectivity index (χ0v) is 12.5. The third kappa shape index (κ3) is 3.37. The highest BCUT2D eigenvalue weighted by molar-refractivity contribution is 6.28. The molecule has 1 aliphatic heterocycles. The smallest absolute Gasteiger partial charge is 0.312 e. The third-order valence-electron chi connectivity index (χ3n) is 3.16. The molecule has 1 unspecified atom stereocenters. The minimum atomic E-state index is -1.00. The molecule has 0 bridgehead atoms. The van der Waals surface area contributed by atoms with Gasteiger partial charge < -0.3 is 9.84 Å². The number of hydrazone groups is 1. The first-order valence-electron chi connectivity index (χ1n) is 6.89. The first-order chi connectivity index (χ1) is 9.43. The largest absolute Gasteiger partial charge is 0.497 e. The van der Waals surface area contributed by atoms with Gasteiger partial charge >= 0.3 is 5.97 Å². The summed E-state index contributed by atoms with van der Waals surface area (Å²) in [6.07, 6.45) is 2.46. The summed E-state index contributed by atoms with van der Waals surface area (Å²) in [6.45, 7) is 5.85. The van der Waals surface area contributed by atoms with Gasteiger partial charge in [0, 0.05) is 13.5 Å². The highest BCUT2D eigenvalue weighted by Crippen LogP contribution is 2.26. The van der Waals surface area contributed by atoms with E-state index in [1.807, 2.05) is 13.8 Å². The molecule has 0 aromatic carbocycles. The zero-order chi connectivity index (χ0) is 15.3. The van der Waals surface area contributed by atoms with E-state index in [9.17, 15) is 9.59 Å². The van der Waals surface area contributed by atoms with Crippen LogP contribution in [0.3, 0.4) is 0 Å². The molecule has 0 saturated heterocycles. The lowest BCUT2D eigenvalue weighted by atomic mass is 9.96. The van der Waals surface area contributed by atoms with Gasteiger partial charge in [0.2, 0.25) is 0 Å². The van der Waals surface area contributed by atoms with E-state index in [0.29, 0.717) is 24.4 Å². The molecule has 20 heavy (non-hydrogen) atoms. The fourth-order valence-corrected chi connectivity index (χ4v) is 1.99. The molecule has 0 radical (unpaired) electrons. The molecule has 0 saturated carbocycles. The second-order valence-corrected chi connectivity index (χ2v) is 4.71. The van der Waals surface area contributed by atoms with E-state index < -0.39 is 11.9 Å². The van der Waals surface area contributed by atoms with E-state index in [4.69, 9.17) is 9.84 Å². The summed E-state index contributed by atoms with van der Waals surface area (Å²) in [7, 11) is 1.52. The molecule has 1 amide bonds. The van der Waals surface area contributed by atoms with Crippen molar-refractivity contribution in [3.8, 4) is 0 Å². The van der Waals surface area contributed by atoms with Crippen LogP contribution in [-0.2, 0) is 14.3 Å². The fourth-order valence-electron chi connectivity index (χ4n) is 1.99. The predicted molar refractivity (Wildman–Crippen MR) is 75.2 cm³/mol. The van der Waals surface area contributed by atoms with E-state index in [1.165, 1.54) is 19.0 Å². The summed E-state index contributed by atoms with van der Waals surface area (Å²) < 4.78 is 5.57. The topological polar surface area (TPSA) is 79.2 Å². The number of allylic oxidation sites excluding steroid dienone is 1. The van der Waals surface area contributed by atoms with Crippen molar-refractivity contribution < 1.29 is 19.4 Å². The van der Waals surface area contributed by atoms with Crippen LogP contribution in [0.4, 0.5) is 0 Å². The summed E-state index contributed by atoms with van der Waals surface area (Å²) in [6, 6.07) is 0. The Morgan fingerprint density at radius 1 is 1.45 bits per heavy atom. The second-order valence-electron chi connectivity index (χ2n) is 4.71. The number of rotatable bonds is 7. The summed E-state index contributed by atoms with van der Waals surface area (Å²) in [5.41, 5.74) is 0.599. The number of likely N-dealkylation sites (N-methyl/N-ethyl adjacent to an activating group) is 1. The van der Waals surface area contributed by atoms with Crippen molar-refractivity contribution in [2.75, 3.05) is 13.7 Å². The molecular weight excluding hydrogens is 260 g/mol. The van der Waals surface area contributed by atoms with Crippen LogP contribution >= 0.6 is 0 Å². The van der Waals surface area contributed by atoms with Crippen molar-refractivity contribution in [2.24, 2.45) is 11.0 Å². The average Bonchev–Trinajstić information content (AvgIpc) is 2.70. The van der Waals surface area contributed by atoms with Crippen LogP contribution in [-0.4, -0.2) is 41.4 Å². The number of unbranched alkanes of at least 4 members (excludes halogenated alkanes) is 1. The Hall–Kier alpha value is -1.85. The van der Waals surface area contributed by atoms with Crippen molar-refractivity contribution in [2.45, 2.75) is 40.0 Å². The number of carbonyl (C=O) groups excluding carboxylic acids is 1. The molecule has 1 atom stereocenters. The number of carboxylic acids is 1. The van der Waals surface area contributed by atoms with Crippen LogP contribution in [0.2, 0.25) is 0 Å². The number of carboxylic acid groups (broad SMARTS) is 1. The molecule has 1 heterocycles. The number of hydrogen-bond acceptors (Lipinski definition) is 4. The molecule has 1 aliphatic rings. The minimum absolute atomic E-state index is 0.282. The standard InChI is InChI=1S/C14H22N2O4/c1-5-7-8-10(20-6-2)11-12(9(3)14(18)19)15-16(4)13(11)17/h9H,5-8H2,1-4H3,(H,18,19)/b11-10-. The zero-order valence-electron chi connectivity index (χ0n) is 12.5. The van der Waals surface area contributed by atoms with Crippen molar-refractivity contribution in [1.29, 1.82) is 0 Å². The Kier molecular flexibility index (Phi) is 5.73. The predicted octanol–water partition coefficient (Wildman–Crippen LogP) is 2.02. The lowest BCUT2D eigenvalue weighted by Gasteiger charge is -2.14. The van der Waals surface area contributed by atoms with Crippen molar-refractivity contribution in [3.05, 3.63) is 11.3 Å². The monoisotopic (exact) mass is 282 g/mol. The first kappa shape index (κ1) is 16.2. The first-order valence-corrected chi connectivity index (χ1v) is 6.89. The SMILES string of the molecule is CCCC/C(OCC)=C1/C(=O)N(C)N=C1C(C)C(=O)O. The Balaban J connectivity index is 3.22. The molecule has 6 nitrogen and oxygen atoms in total. The van der Waals surface area contributed by atoms with E-state index in [1.54, 1.807) is 0 Å². The normalized spacial score (nSPS) is 18.9. The number of hydrogen-bond donors (Lipinski definition) is 1. The van der Waals surface area contributed by atoms with Gasteiger partial charge in [0.25, 0.3) is 5.91 Å². The van der Waals surface area contributed by atoms with E-state index in [0.717, 1.165) is 12.8 Å². The van der Waals surface area contributed by atoms with Gasteiger partial charge in [-0.3, -0.25) is 9.59 Å². The summed E-state index contributed by atoms with van der Waals surface area (Å²) >= 11 is 0. The van der Waals surface area contributed by atoms with Gasteiger partial charge in [-0.25, -0.2) is 5.01 Å². The van der Waals surface area contributed by atoms with Crippen LogP contribution in [0.25, 0.3) is 0 Å². The van der Waals surface area contributed by atoms with Crippen molar-refractivity contribution in [3.63, 3.8) is 0 Å². The maximum absolute atomic E-state index is 12.2. The Morgan fingerprint density at radius 2 is 2.10 bits per heavy atom. The molecule has 1 N–H and O–H groups in total. The molecule has 0 aliphatic carbocycles. The van der Waals surface area contributed by atoms with E-state index >= 15 is 0 Å². The van der Waals surface area contributed by atoms with Gasteiger partial charge in [-0.1, -0.05) is 13.3 Å². The van der Waals surface area contributed by atoms with Gasteiger partial charge in [0.1, 0.15) is 11.3 Å². The number of nitrogens with zero attached hydrogens (tertiary/aromatic N) is 2. The molecule has 1 rings (SSSR count). The maximum atomic E-state index is 12.2. The van der Waals surface area contributed by atoms with Crippen LogP contribution in [0.5, 0.6) is 0 Å². The molecule has 112 valence electrons. The van der Waals surface area contributed by atoms with Crippen molar-refractivity contribution >= 4 is 17.6 Å². The summed E-state index contributed by atoms with van der Waals surface area (Å²) in [4.78, 5) is 23.4. The number of aliphatic carboxylic acids is 1. The molecule has 0 fully saturated rings. The second kappa shape index (κ2) is 7.07. The van der Waals surface area contributed by atoms with Crippen LogP contribution in [0, 0.1) is 5.92 Å². The molecular formula is C14H22N2O4. The average molecular weight is 282 g/mol. The Labute approximate surface area is 119 Å². The van der Waals surface area contributed by atoms with Gasteiger partial charge in [-0.15, -0.1) is 0 Å². The summed E-state index contributed by atoms with van der Waals surface area (Å²) in [5.74, 6) is -1.59. The van der Waals surface area contributed by atoms with Gasteiger partial charge in [0.15, 0.2) is 0 Å². The highest BCUT2D eigenvalue weighted by Gasteiger charge is 2.36. The van der Waals surface area contributed by atoms with E-state index in [2.05, 4.69) is 5.10 Å². The minimum Gasteiger partial charge on any atom is -0.497 e. The lowest BCUT2D eigenvalue weighted by molar-refractivity contribution is -0.138. The van der Waals surface area contributed by atoms with Gasteiger partial charge in [-0.05, 0) is 20.3 Å². The van der Waals surface area contributed by atoms with Gasteiger partial charge in [-0.2, -0.15) is 5.10 Å². The lowest BCUT2D eigenvalue weighted by Crippen LogP contribution is -2.25. The quantitative estimate of drug-likeness (QED) is 0.572. The number of carbonyl (C=O) groups is 2.